The summed E-state index contributed by atoms with van der Waals surface area (Å²) in [6, 6.07) is -0.0488. The van der Waals surface area contributed by atoms with Crippen LogP contribution in [0.15, 0.2) is 0 Å². The van der Waals surface area contributed by atoms with Crippen LogP contribution in [0, 0.1) is 11.8 Å². The van der Waals surface area contributed by atoms with E-state index in [4.69, 9.17) is 5.73 Å². The van der Waals surface area contributed by atoms with Crippen LogP contribution in [0.3, 0.4) is 0 Å². The summed E-state index contributed by atoms with van der Waals surface area (Å²) in [7, 11) is -3.40. The van der Waals surface area contributed by atoms with Crippen LogP contribution in [0.4, 0.5) is 0 Å². The van der Waals surface area contributed by atoms with Crippen LogP contribution < -0.4 is 5.73 Å². The molecule has 2 amide bonds. The van der Waals surface area contributed by atoms with E-state index in [-0.39, 0.29) is 30.2 Å². The van der Waals surface area contributed by atoms with Gasteiger partial charge in [-0.1, -0.05) is 13.8 Å². The topological polar surface area (TPSA) is 97.5 Å². The first kappa shape index (κ1) is 16.9. The van der Waals surface area contributed by atoms with E-state index in [9.17, 15) is 18.0 Å². The van der Waals surface area contributed by atoms with Crippen molar-refractivity contribution < 1.29 is 18.0 Å². The molecule has 0 aromatic heterocycles. The number of hydrogen-bond donors (Lipinski definition) is 1. The van der Waals surface area contributed by atoms with E-state index >= 15 is 0 Å². The number of carbonyl (C=O) groups excluding carboxylic acids is 2. The van der Waals surface area contributed by atoms with Gasteiger partial charge in [-0.2, -0.15) is 0 Å². The summed E-state index contributed by atoms with van der Waals surface area (Å²) in [4.78, 5) is 24.9. The van der Waals surface area contributed by atoms with Crippen molar-refractivity contribution >= 4 is 21.7 Å². The van der Waals surface area contributed by atoms with Gasteiger partial charge >= 0.3 is 0 Å². The second-order valence-corrected chi connectivity index (χ2v) is 8.13. The zero-order valence-corrected chi connectivity index (χ0v) is 13.1. The Balaban J connectivity index is 2.72. The monoisotopic (exact) mass is 304 g/mol. The summed E-state index contributed by atoms with van der Waals surface area (Å²) >= 11 is 0. The minimum Gasteiger partial charge on any atom is -0.369 e. The van der Waals surface area contributed by atoms with Gasteiger partial charge in [0.25, 0.3) is 0 Å². The van der Waals surface area contributed by atoms with Gasteiger partial charge in [-0.3, -0.25) is 9.59 Å². The van der Waals surface area contributed by atoms with E-state index in [1.165, 1.54) is 4.90 Å². The van der Waals surface area contributed by atoms with Crippen LogP contribution in [-0.4, -0.2) is 49.2 Å². The van der Waals surface area contributed by atoms with E-state index in [0.29, 0.717) is 12.8 Å². The molecule has 6 nitrogen and oxygen atoms in total. The minimum atomic E-state index is -3.40. The molecule has 0 radical (unpaired) electrons. The maximum absolute atomic E-state index is 12.2. The third-order valence-electron chi connectivity index (χ3n) is 3.54. The molecule has 1 heterocycles. The quantitative estimate of drug-likeness (QED) is 0.783. The lowest BCUT2D eigenvalue weighted by Gasteiger charge is -2.36. The molecule has 0 unspecified atom stereocenters. The second kappa shape index (κ2) is 6.56. The molecule has 1 fully saturated rings. The smallest absolute Gasteiger partial charge is 0.238 e. The summed E-state index contributed by atoms with van der Waals surface area (Å²) in [5, 5.41) is 0. The highest BCUT2D eigenvalue weighted by atomic mass is 32.2. The zero-order valence-electron chi connectivity index (χ0n) is 12.3. The number of piperidine rings is 1. The minimum absolute atomic E-state index is 0.000207. The lowest BCUT2D eigenvalue weighted by molar-refractivity contribution is -0.135. The molecule has 7 heteroatoms. The largest absolute Gasteiger partial charge is 0.369 e. The first-order valence-corrected chi connectivity index (χ1v) is 8.73. The van der Waals surface area contributed by atoms with Crippen LogP contribution in [0.5, 0.6) is 0 Å². The van der Waals surface area contributed by atoms with Crippen LogP contribution >= 0.6 is 0 Å². The predicted molar refractivity (Wildman–Crippen MR) is 76.6 cm³/mol. The van der Waals surface area contributed by atoms with Gasteiger partial charge in [0, 0.05) is 12.6 Å². The van der Waals surface area contributed by atoms with E-state index in [1.54, 1.807) is 13.8 Å². The highest BCUT2D eigenvalue weighted by molar-refractivity contribution is 7.92. The molecule has 0 bridgehead atoms. The van der Waals surface area contributed by atoms with Gasteiger partial charge in [-0.25, -0.2) is 8.42 Å². The van der Waals surface area contributed by atoms with E-state index in [0.717, 1.165) is 0 Å². The maximum atomic E-state index is 12.2. The van der Waals surface area contributed by atoms with Crippen molar-refractivity contribution in [3.8, 4) is 0 Å². The van der Waals surface area contributed by atoms with Crippen molar-refractivity contribution in [1.82, 2.24) is 4.90 Å². The number of nitrogens with two attached hydrogens (primary N) is 1. The van der Waals surface area contributed by atoms with Crippen molar-refractivity contribution in [2.75, 3.05) is 18.1 Å². The Bertz CT molecular complexity index is 473. The molecule has 0 saturated carbocycles. The van der Waals surface area contributed by atoms with Crippen molar-refractivity contribution in [1.29, 1.82) is 0 Å². The molecule has 20 heavy (non-hydrogen) atoms. The molecule has 1 rings (SSSR count). The maximum Gasteiger partial charge on any atom is 0.238 e. The highest BCUT2D eigenvalue weighted by Crippen LogP contribution is 2.22. The Kier molecular flexibility index (Phi) is 5.56. The molecule has 0 aromatic rings. The van der Waals surface area contributed by atoms with Crippen LogP contribution in [-0.2, 0) is 19.4 Å². The highest BCUT2D eigenvalue weighted by Gasteiger charge is 2.33. The Morgan fingerprint density at radius 1 is 1.30 bits per heavy atom. The van der Waals surface area contributed by atoms with Gasteiger partial charge in [-0.05, 0) is 25.7 Å². The average molecular weight is 304 g/mol. The SMILES string of the molecule is CC(C)CS(=O)(=O)CC(=O)N1C[C@H](C(N)=O)CC[C@@H]1C. The molecular weight excluding hydrogens is 280 g/mol. The molecule has 1 aliphatic heterocycles. The van der Waals surface area contributed by atoms with Gasteiger partial charge in [0.05, 0.1) is 11.7 Å². The Morgan fingerprint density at radius 2 is 1.90 bits per heavy atom. The zero-order chi connectivity index (χ0) is 15.5. The fourth-order valence-corrected chi connectivity index (χ4v) is 4.20. The number of carbonyl (C=O) groups is 2. The standard InChI is InChI=1S/C13H24N2O4S/c1-9(2)7-20(18,19)8-12(16)15-6-11(13(14)17)5-4-10(15)3/h9-11H,4-8H2,1-3H3,(H2,14,17)/t10-,11+/m0/s1. The number of nitrogens with zero attached hydrogens (tertiary/aromatic N) is 1. The number of amides is 2. The third kappa shape index (κ3) is 4.77. The van der Waals surface area contributed by atoms with E-state index in [1.807, 2.05) is 6.92 Å². The second-order valence-electron chi connectivity index (χ2n) is 6.02. The Labute approximate surface area is 120 Å². The number of likely N-dealkylation sites (tertiary alicyclic amines) is 1. The number of hydrogen-bond acceptors (Lipinski definition) is 4. The number of primary amides is 1. The lowest BCUT2D eigenvalue weighted by Crippen LogP contribution is -2.50. The first-order chi connectivity index (χ1) is 9.12. The molecule has 1 aliphatic rings. The van der Waals surface area contributed by atoms with Crippen LogP contribution in [0.2, 0.25) is 0 Å². The molecule has 1 saturated heterocycles. The van der Waals surface area contributed by atoms with Gasteiger partial charge < -0.3 is 10.6 Å². The molecule has 2 atom stereocenters. The van der Waals surface area contributed by atoms with E-state index in [2.05, 4.69) is 0 Å². The molecule has 116 valence electrons. The molecule has 0 spiro atoms. The summed E-state index contributed by atoms with van der Waals surface area (Å²) < 4.78 is 23.8. The number of rotatable bonds is 5. The fourth-order valence-electron chi connectivity index (χ4n) is 2.52. The Morgan fingerprint density at radius 3 is 2.40 bits per heavy atom. The molecule has 0 aromatic carbocycles. The van der Waals surface area contributed by atoms with E-state index < -0.39 is 27.4 Å². The van der Waals surface area contributed by atoms with Crippen molar-refractivity contribution in [2.24, 2.45) is 17.6 Å². The third-order valence-corrected chi connectivity index (χ3v) is 5.40. The first-order valence-electron chi connectivity index (χ1n) is 6.91. The van der Waals surface area contributed by atoms with Gasteiger partial charge in [-0.15, -0.1) is 0 Å². The molecule has 0 aliphatic carbocycles. The average Bonchev–Trinajstić information content (AvgIpc) is 2.26. The van der Waals surface area contributed by atoms with Crippen LogP contribution in [0.1, 0.15) is 33.6 Å². The predicted octanol–water partition coefficient (Wildman–Crippen LogP) is 0.170. The van der Waals surface area contributed by atoms with Gasteiger partial charge in [0.15, 0.2) is 9.84 Å². The van der Waals surface area contributed by atoms with Gasteiger partial charge in [0.1, 0.15) is 5.75 Å². The lowest BCUT2D eigenvalue weighted by atomic mass is 9.93. The molecule has 2 N–H and O–H groups in total. The number of sulfone groups is 1. The van der Waals surface area contributed by atoms with Gasteiger partial charge in [0.2, 0.25) is 11.8 Å². The normalized spacial score (nSPS) is 23.9. The van der Waals surface area contributed by atoms with Crippen molar-refractivity contribution in [2.45, 2.75) is 39.7 Å². The summed E-state index contributed by atoms with van der Waals surface area (Å²) in [5.41, 5.74) is 5.27. The summed E-state index contributed by atoms with van der Waals surface area (Å²) in [6.07, 6.45) is 1.32. The van der Waals surface area contributed by atoms with Crippen LogP contribution in [0.25, 0.3) is 0 Å². The summed E-state index contributed by atoms with van der Waals surface area (Å²) in [6.45, 7) is 5.69. The molecular formula is C13H24N2O4S. The fraction of sp³-hybridized carbons (Fsp3) is 0.846. The summed E-state index contributed by atoms with van der Waals surface area (Å²) in [5.74, 6) is -1.72. The van der Waals surface area contributed by atoms with Crippen molar-refractivity contribution in [3.05, 3.63) is 0 Å². The Hall–Kier alpha value is -1.11. The van der Waals surface area contributed by atoms with Crippen molar-refractivity contribution in [3.63, 3.8) is 0 Å².